The Balaban J connectivity index is 2.07. The second-order valence-corrected chi connectivity index (χ2v) is 11.7. The van der Waals surface area contributed by atoms with Crippen LogP contribution in [0.15, 0.2) is 78.9 Å². The third-order valence-electron chi connectivity index (χ3n) is 6.46. The molecule has 0 aliphatic rings. The van der Waals surface area contributed by atoms with E-state index in [9.17, 15) is 18.0 Å². The van der Waals surface area contributed by atoms with Gasteiger partial charge in [-0.25, -0.2) is 8.42 Å². The molecule has 0 aliphatic heterocycles. The Hall–Kier alpha value is -3.65. The molecular weight excluding hydrogens is 498 g/mol. The molecule has 1 N–H and O–H groups in total. The number of carbonyl (C=O) groups is 2. The molecule has 38 heavy (non-hydrogen) atoms. The molecular formula is C30H37N3O4S. The van der Waals surface area contributed by atoms with Crippen LogP contribution in [0, 0.1) is 6.92 Å². The minimum atomic E-state index is -3.81. The summed E-state index contributed by atoms with van der Waals surface area (Å²) in [6.45, 7) is 5.66. The number of carbonyl (C=O) groups excluding carboxylic acids is 2. The Kier molecular flexibility index (Phi) is 9.69. The molecule has 3 aromatic carbocycles. The third kappa shape index (κ3) is 7.44. The minimum Gasteiger partial charge on any atom is -0.357 e. The highest BCUT2D eigenvalue weighted by Crippen LogP contribution is 2.29. The largest absolute Gasteiger partial charge is 0.357 e. The van der Waals surface area contributed by atoms with Gasteiger partial charge in [-0.3, -0.25) is 13.9 Å². The van der Waals surface area contributed by atoms with Gasteiger partial charge in [-0.2, -0.15) is 0 Å². The Morgan fingerprint density at radius 3 is 2.13 bits per heavy atom. The molecule has 0 saturated carbocycles. The number of hydrogen-bond donors (Lipinski definition) is 1. The fourth-order valence-electron chi connectivity index (χ4n) is 4.53. The van der Waals surface area contributed by atoms with E-state index in [0.717, 1.165) is 32.8 Å². The van der Waals surface area contributed by atoms with Crippen molar-refractivity contribution in [1.82, 2.24) is 10.2 Å². The van der Waals surface area contributed by atoms with Gasteiger partial charge in [0.2, 0.25) is 21.8 Å². The predicted octanol–water partition coefficient (Wildman–Crippen LogP) is 4.27. The summed E-state index contributed by atoms with van der Waals surface area (Å²) in [6, 6.07) is 23.6. The quantitative estimate of drug-likeness (QED) is 0.397. The zero-order valence-corrected chi connectivity index (χ0v) is 23.5. The van der Waals surface area contributed by atoms with Crippen LogP contribution in [-0.2, 0) is 32.6 Å². The summed E-state index contributed by atoms with van der Waals surface area (Å²) in [5, 5.41) is 2.69. The van der Waals surface area contributed by atoms with E-state index in [0.29, 0.717) is 12.1 Å². The van der Waals surface area contributed by atoms with Crippen LogP contribution in [0.4, 0.5) is 5.69 Å². The van der Waals surface area contributed by atoms with Gasteiger partial charge in [0, 0.05) is 20.0 Å². The number of hydrogen-bond acceptors (Lipinski definition) is 4. The highest BCUT2D eigenvalue weighted by molar-refractivity contribution is 7.92. The first-order valence-electron chi connectivity index (χ1n) is 12.7. The fourth-order valence-corrected chi connectivity index (χ4v) is 5.39. The minimum absolute atomic E-state index is 0.0469. The van der Waals surface area contributed by atoms with E-state index < -0.39 is 28.5 Å². The molecule has 0 bridgehead atoms. The molecule has 0 radical (unpaired) electrons. The van der Waals surface area contributed by atoms with Crippen molar-refractivity contribution in [3.8, 4) is 0 Å². The first kappa shape index (κ1) is 28.9. The summed E-state index contributed by atoms with van der Waals surface area (Å²) in [5.74, 6) is -0.728. The van der Waals surface area contributed by atoms with Crippen molar-refractivity contribution in [2.75, 3.05) is 24.2 Å². The zero-order valence-electron chi connectivity index (χ0n) is 22.7. The monoisotopic (exact) mass is 535 g/mol. The Labute approximate surface area is 226 Å². The Morgan fingerprint density at radius 1 is 0.895 bits per heavy atom. The number of benzene rings is 3. The number of aryl methyl sites for hydroxylation is 1. The van der Waals surface area contributed by atoms with Gasteiger partial charge in [-0.05, 0) is 35.6 Å². The van der Waals surface area contributed by atoms with E-state index in [-0.39, 0.29) is 18.4 Å². The SMILES string of the molecule is CNC(=O)[C@@H](Cc1ccccc1)N(Cc1cccc(C)c1)C(=O)CN(c1ccccc1C(C)C)S(C)(=O)=O. The topological polar surface area (TPSA) is 86.8 Å². The number of anilines is 1. The van der Waals surface area contributed by atoms with Crippen molar-refractivity contribution in [1.29, 1.82) is 0 Å². The van der Waals surface area contributed by atoms with Crippen LogP contribution in [0.3, 0.4) is 0 Å². The molecule has 0 fully saturated rings. The van der Waals surface area contributed by atoms with Gasteiger partial charge in [0.1, 0.15) is 12.6 Å². The molecule has 0 aromatic heterocycles. The molecule has 3 aromatic rings. The van der Waals surface area contributed by atoms with E-state index in [1.54, 1.807) is 12.1 Å². The molecule has 0 heterocycles. The van der Waals surface area contributed by atoms with E-state index in [4.69, 9.17) is 0 Å². The normalized spacial score (nSPS) is 12.2. The van der Waals surface area contributed by atoms with Crippen LogP contribution < -0.4 is 9.62 Å². The summed E-state index contributed by atoms with van der Waals surface area (Å²) < 4.78 is 27.1. The number of sulfonamides is 1. The lowest BCUT2D eigenvalue weighted by molar-refractivity contribution is -0.139. The number of para-hydroxylation sites is 1. The molecule has 8 heteroatoms. The van der Waals surface area contributed by atoms with Crippen LogP contribution in [0.2, 0.25) is 0 Å². The Morgan fingerprint density at radius 2 is 1.53 bits per heavy atom. The molecule has 2 amide bonds. The first-order valence-corrected chi connectivity index (χ1v) is 14.5. The molecule has 0 unspecified atom stereocenters. The maximum absolute atomic E-state index is 14.0. The lowest BCUT2D eigenvalue weighted by Gasteiger charge is -2.34. The second-order valence-electron chi connectivity index (χ2n) is 9.81. The van der Waals surface area contributed by atoms with Crippen molar-refractivity contribution in [2.45, 2.75) is 45.7 Å². The van der Waals surface area contributed by atoms with Gasteiger partial charge in [0.05, 0.1) is 11.9 Å². The smallest absolute Gasteiger partial charge is 0.244 e. The lowest BCUT2D eigenvalue weighted by atomic mass is 10.0. The molecule has 7 nitrogen and oxygen atoms in total. The average Bonchev–Trinajstić information content (AvgIpc) is 2.88. The molecule has 1 atom stereocenters. The summed E-state index contributed by atoms with van der Waals surface area (Å²) in [7, 11) is -2.27. The van der Waals surface area contributed by atoms with Gasteiger partial charge in [-0.15, -0.1) is 0 Å². The highest BCUT2D eigenvalue weighted by atomic mass is 32.2. The summed E-state index contributed by atoms with van der Waals surface area (Å²) >= 11 is 0. The van der Waals surface area contributed by atoms with Crippen molar-refractivity contribution in [3.63, 3.8) is 0 Å². The fraction of sp³-hybridized carbons (Fsp3) is 0.333. The standard InChI is InChI=1S/C30H37N3O4S/c1-22(2)26-16-9-10-17-27(26)33(38(5,36)37)21-29(34)32(20-25-15-11-12-23(3)18-25)28(30(35)31-4)19-24-13-7-6-8-14-24/h6-18,22,28H,19-21H2,1-5H3,(H,31,35)/t28-/m1/s1. The lowest BCUT2D eigenvalue weighted by Crippen LogP contribution is -2.53. The molecule has 3 rings (SSSR count). The van der Waals surface area contributed by atoms with Crippen molar-refractivity contribution in [3.05, 3.63) is 101 Å². The first-order chi connectivity index (χ1) is 18.0. The van der Waals surface area contributed by atoms with Crippen molar-refractivity contribution >= 4 is 27.5 Å². The van der Waals surface area contributed by atoms with E-state index >= 15 is 0 Å². The van der Waals surface area contributed by atoms with Gasteiger partial charge >= 0.3 is 0 Å². The molecule has 0 aliphatic carbocycles. The summed E-state index contributed by atoms with van der Waals surface area (Å²) in [6.07, 6.45) is 1.39. The number of likely N-dealkylation sites (N-methyl/N-ethyl adjacent to an activating group) is 1. The van der Waals surface area contributed by atoms with Gasteiger partial charge in [0.25, 0.3) is 0 Å². The maximum atomic E-state index is 14.0. The van der Waals surface area contributed by atoms with Crippen LogP contribution in [0.25, 0.3) is 0 Å². The van der Waals surface area contributed by atoms with Crippen molar-refractivity contribution < 1.29 is 18.0 Å². The van der Waals surface area contributed by atoms with Gasteiger partial charge in [-0.1, -0.05) is 92.2 Å². The number of rotatable bonds is 11. The molecule has 0 saturated heterocycles. The number of amides is 2. The summed E-state index contributed by atoms with van der Waals surface area (Å²) in [4.78, 5) is 28.7. The van der Waals surface area contributed by atoms with Crippen LogP contribution in [-0.4, -0.2) is 51.0 Å². The van der Waals surface area contributed by atoms with Gasteiger partial charge < -0.3 is 10.2 Å². The van der Waals surface area contributed by atoms with Crippen LogP contribution in [0.5, 0.6) is 0 Å². The number of nitrogens with one attached hydrogen (secondary N) is 1. The van der Waals surface area contributed by atoms with Gasteiger partial charge in [0.15, 0.2) is 0 Å². The van der Waals surface area contributed by atoms with Crippen LogP contribution >= 0.6 is 0 Å². The molecule has 202 valence electrons. The summed E-state index contributed by atoms with van der Waals surface area (Å²) in [5.41, 5.74) is 4.07. The second kappa shape index (κ2) is 12.7. The van der Waals surface area contributed by atoms with Crippen LogP contribution in [0.1, 0.15) is 42.0 Å². The van der Waals surface area contributed by atoms with E-state index in [1.165, 1.54) is 11.9 Å². The maximum Gasteiger partial charge on any atom is 0.244 e. The highest BCUT2D eigenvalue weighted by Gasteiger charge is 2.33. The Bertz CT molecular complexity index is 1360. The molecule has 0 spiro atoms. The predicted molar refractivity (Wildman–Crippen MR) is 152 cm³/mol. The zero-order chi connectivity index (χ0) is 27.9. The van der Waals surface area contributed by atoms with Crippen molar-refractivity contribution in [2.24, 2.45) is 0 Å². The number of nitrogens with zero attached hydrogens (tertiary/aromatic N) is 2. The van der Waals surface area contributed by atoms with E-state index in [2.05, 4.69) is 5.32 Å². The van der Waals surface area contributed by atoms with E-state index in [1.807, 2.05) is 87.5 Å². The third-order valence-corrected chi connectivity index (χ3v) is 7.59. The average molecular weight is 536 g/mol.